The van der Waals surface area contributed by atoms with Crippen molar-refractivity contribution in [3.05, 3.63) is 29.3 Å². The van der Waals surface area contributed by atoms with Gasteiger partial charge in [0, 0.05) is 18.7 Å². The number of aryl methyl sites for hydroxylation is 1. The molecule has 1 aromatic rings. The summed E-state index contributed by atoms with van der Waals surface area (Å²) in [6, 6.07) is 4.14. The molecule has 0 aliphatic carbocycles. The third-order valence-electron chi connectivity index (χ3n) is 2.67. The summed E-state index contributed by atoms with van der Waals surface area (Å²) in [5.74, 6) is -1.36. The quantitative estimate of drug-likeness (QED) is 0.821. The largest absolute Gasteiger partial charge is 0.478 e. The van der Waals surface area contributed by atoms with Crippen LogP contribution >= 0.6 is 0 Å². The normalized spacial score (nSPS) is 15.5. The molecule has 2 N–H and O–H groups in total. The lowest BCUT2D eigenvalue weighted by Gasteiger charge is -2.27. The summed E-state index contributed by atoms with van der Waals surface area (Å²) in [5, 5.41) is 11.2. The van der Waals surface area contributed by atoms with Crippen LogP contribution in [0.4, 0.5) is 10.5 Å². The molecule has 1 aromatic carbocycles. The molecule has 1 fully saturated rings. The first-order valence-corrected chi connectivity index (χ1v) is 5.44. The number of nitrogens with one attached hydrogen (secondary N) is 1. The van der Waals surface area contributed by atoms with Crippen molar-refractivity contribution < 1.29 is 19.5 Å². The number of carboxylic acids is 1. The van der Waals surface area contributed by atoms with Crippen molar-refractivity contribution in [2.75, 3.05) is 11.4 Å². The SMILES string of the molecule is Cc1cc(C(=O)O)cc(N2CCC(=O)NC2=O)c1. The van der Waals surface area contributed by atoms with Gasteiger partial charge in [-0.05, 0) is 30.7 Å². The second kappa shape index (κ2) is 4.48. The van der Waals surface area contributed by atoms with Crippen LogP contribution < -0.4 is 10.2 Å². The predicted molar refractivity (Wildman–Crippen MR) is 63.6 cm³/mol. The van der Waals surface area contributed by atoms with Crippen LogP contribution in [-0.4, -0.2) is 29.6 Å². The molecule has 2 rings (SSSR count). The second-order valence-electron chi connectivity index (χ2n) is 4.12. The summed E-state index contributed by atoms with van der Waals surface area (Å²) < 4.78 is 0. The van der Waals surface area contributed by atoms with E-state index >= 15 is 0 Å². The van der Waals surface area contributed by atoms with Crippen molar-refractivity contribution in [1.82, 2.24) is 5.32 Å². The molecule has 6 heteroatoms. The molecule has 0 saturated carbocycles. The highest BCUT2D eigenvalue weighted by atomic mass is 16.4. The van der Waals surface area contributed by atoms with E-state index in [2.05, 4.69) is 5.32 Å². The monoisotopic (exact) mass is 248 g/mol. The zero-order valence-electron chi connectivity index (χ0n) is 9.77. The Bertz CT molecular complexity index is 539. The molecule has 0 radical (unpaired) electrons. The van der Waals surface area contributed by atoms with Gasteiger partial charge in [0.15, 0.2) is 0 Å². The number of benzene rings is 1. The van der Waals surface area contributed by atoms with Crippen molar-refractivity contribution in [2.45, 2.75) is 13.3 Å². The van der Waals surface area contributed by atoms with Gasteiger partial charge in [0.2, 0.25) is 5.91 Å². The van der Waals surface area contributed by atoms with Gasteiger partial charge in [-0.3, -0.25) is 15.0 Å². The Labute approximate surface area is 103 Å². The first-order valence-electron chi connectivity index (χ1n) is 5.44. The first-order chi connectivity index (χ1) is 8.47. The number of hydrogen-bond acceptors (Lipinski definition) is 3. The number of hydrogen-bond donors (Lipinski definition) is 2. The maximum Gasteiger partial charge on any atom is 0.335 e. The van der Waals surface area contributed by atoms with Gasteiger partial charge in [-0.1, -0.05) is 0 Å². The highest BCUT2D eigenvalue weighted by Gasteiger charge is 2.24. The molecule has 6 nitrogen and oxygen atoms in total. The number of rotatable bonds is 2. The van der Waals surface area contributed by atoms with Crippen LogP contribution in [0.15, 0.2) is 18.2 Å². The number of imide groups is 1. The Morgan fingerprint density at radius 3 is 2.67 bits per heavy atom. The molecule has 0 atom stereocenters. The lowest BCUT2D eigenvalue weighted by Crippen LogP contribution is -2.49. The summed E-state index contributed by atoms with van der Waals surface area (Å²) >= 11 is 0. The van der Waals surface area contributed by atoms with E-state index in [0.29, 0.717) is 5.69 Å². The molecule has 1 saturated heterocycles. The number of carboxylic acid groups (broad SMARTS) is 1. The Morgan fingerprint density at radius 1 is 1.33 bits per heavy atom. The van der Waals surface area contributed by atoms with Crippen molar-refractivity contribution in [1.29, 1.82) is 0 Å². The van der Waals surface area contributed by atoms with Gasteiger partial charge in [0.25, 0.3) is 0 Å². The topological polar surface area (TPSA) is 86.7 Å². The maximum absolute atomic E-state index is 11.6. The standard InChI is InChI=1S/C12H12N2O4/c1-7-4-8(11(16)17)6-9(5-7)14-3-2-10(15)13-12(14)18/h4-6H,2-3H2,1H3,(H,16,17)(H,13,15,18). The van der Waals surface area contributed by atoms with E-state index in [1.54, 1.807) is 13.0 Å². The molecule has 18 heavy (non-hydrogen) atoms. The fourth-order valence-corrected chi connectivity index (χ4v) is 1.85. The Hall–Kier alpha value is -2.37. The molecule has 1 aliphatic rings. The van der Waals surface area contributed by atoms with E-state index in [9.17, 15) is 14.4 Å². The fourth-order valence-electron chi connectivity index (χ4n) is 1.85. The van der Waals surface area contributed by atoms with Gasteiger partial charge in [-0.25, -0.2) is 9.59 Å². The fraction of sp³-hybridized carbons (Fsp3) is 0.250. The molecule has 0 unspecified atom stereocenters. The van der Waals surface area contributed by atoms with Crippen molar-refractivity contribution in [2.24, 2.45) is 0 Å². The molecular weight excluding hydrogens is 236 g/mol. The van der Waals surface area contributed by atoms with Crippen LogP contribution in [0, 0.1) is 6.92 Å². The molecule has 1 aliphatic heterocycles. The molecular formula is C12H12N2O4. The third-order valence-corrected chi connectivity index (χ3v) is 2.67. The van der Waals surface area contributed by atoms with Crippen LogP contribution in [0.25, 0.3) is 0 Å². The Morgan fingerprint density at radius 2 is 2.06 bits per heavy atom. The number of carbonyl (C=O) groups is 3. The zero-order chi connectivity index (χ0) is 13.3. The molecule has 0 bridgehead atoms. The molecule has 3 amide bonds. The average Bonchev–Trinajstić information content (AvgIpc) is 2.27. The number of aromatic carboxylic acids is 1. The Kier molecular flexibility index (Phi) is 3.01. The van der Waals surface area contributed by atoms with E-state index in [1.165, 1.54) is 17.0 Å². The lowest BCUT2D eigenvalue weighted by atomic mass is 10.1. The summed E-state index contributed by atoms with van der Waals surface area (Å²) in [5.41, 5.74) is 1.35. The van der Waals surface area contributed by atoms with Crippen LogP contribution in [0.3, 0.4) is 0 Å². The molecule has 94 valence electrons. The van der Waals surface area contributed by atoms with E-state index < -0.39 is 12.0 Å². The van der Waals surface area contributed by atoms with E-state index in [0.717, 1.165) is 5.56 Å². The minimum absolute atomic E-state index is 0.120. The highest BCUT2D eigenvalue weighted by Crippen LogP contribution is 2.21. The van der Waals surface area contributed by atoms with E-state index in [-0.39, 0.29) is 24.4 Å². The van der Waals surface area contributed by atoms with Gasteiger partial charge < -0.3 is 5.11 Å². The zero-order valence-corrected chi connectivity index (χ0v) is 9.77. The summed E-state index contributed by atoms with van der Waals surface area (Å²) in [4.78, 5) is 35.0. The smallest absolute Gasteiger partial charge is 0.335 e. The lowest BCUT2D eigenvalue weighted by molar-refractivity contribution is -0.120. The van der Waals surface area contributed by atoms with Gasteiger partial charge >= 0.3 is 12.0 Å². The van der Waals surface area contributed by atoms with Crippen molar-refractivity contribution in [3.8, 4) is 0 Å². The highest BCUT2D eigenvalue weighted by molar-refractivity contribution is 6.06. The van der Waals surface area contributed by atoms with E-state index in [1.807, 2.05) is 0 Å². The maximum atomic E-state index is 11.6. The van der Waals surface area contributed by atoms with Gasteiger partial charge in [-0.2, -0.15) is 0 Å². The minimum Gasteiger partial charge on any atom is -0.478 e. The number of nitrogens with zero attached hydrogens (tertiary/aromatic N) is 1. The molecule has 1 heterocycles. The number of anilines is 1. The third kappa shape index (κ3) is 2.32. The molecule has 0 aromatic heterocycles. The van der Waals surface area contributed by atoms with Crippen molar-refractivity contribution in [3.63, 3.8) is 0 Å². The predicted octanol–water partition coefficient (Wildman–Crippen LogP) is 1.14. The molecule has 0 spiro atoms. The second-order valence-corrected chi connectivity index (χ2v) is 4.12. The number of urea groups is 1. The van der Waals surface area contributed by atoms with Crippen molar-refractivity contribution >= 4 is 23.6 Å². The summed E-state index contributed by atoms with van der Waals surface area (Å²) in [6.07, 6.45) is 0.210. The van der Waals surface area contributed by atoms with Gasteiger partial charge in [0.05, 0.1) is 5.56 Å². The minimum atomic E-state index is -1.05. The number of carbonyl (C=O) groups excluding carboxylic acids is 2. The van der Waals surface area contributed by atoms with Gasteiger partial charge in [0.1, 0.15) is 0 Å². The summed E-state index contributed by atoms with van der Waals surface area (Å²) in [7, 11) is 0. The van der Waals surface area contributed by atoms with Gasteiger partial charge in [-0.15, -0.1) is 0 Å². The Balaban J connectivity index is 2.36. The number of amides is 3. The van der Waals surface area contributed by atoms with Crippen LogP contribution in [-0.2, 0) is 4.79 Å². The van der Waals surface area contributed by atoms with Crippen LogP contribution in [0.5, 0.6) is 0 Å². The van der Waals surface area contributed by atoms with Crippen LogP contribution in [0.1, 0.15) is 22.3 Å². The van der Waals surface area contributed by atoms with E-state index in [4.69, 9.17) is 5.11 Å². The average molecular weight is 248 g/mol. The van der Waals surface area contributed by atoms with Crippen LogP contribution in [0.2, 0.25) is 0 Å². The first kappa shape index (κ1) is 12.1. The summed E-state index contributed by atoms with van der Waals surface area (Å²) in [6.45, 7) is 2.01.